The quantitative estimate of drug-likeness (QED) is 0.271. The summed E-state index contributed by atoms with van der Waals surface area (Å²) in [6, 6.07) is 19.4. The molecule has 0 spiro atoms. The number of carbonyl (C=O) groups is 3. The number of anilines is 1. The molecular formula is C28H19N5O3. The molecule has 0 bridgehead atoms. The number of rotatable bonds is 6. The van der Waals surface area contributed by atoms with Crippen LogP contribution in [0.25, 0.3) is 11.4 Å². The number of benzene rings is 3. The summed E-state index contributed by atoms with van der Waals surface area (Å²) in [6.45, 7) is 0. The maximum Gasteiger partial charge on any atom is 0.266 e. The van der Waals surface area contributed by atoms with E-state index in [4.69, 9.17) is 0 Å². The zero-order chi connectivity index (χ0) is 24.6. The SMILES string of the molecule is O=C(Cc1ccc(-n2ccnc2)cc1)c1ccc2c(c1)C(=O)N(c1ccc(-n3ccnc3)cc1)C2=O. The minimum Gasteiger partial charge on any atom is -0.306 e. The van der Waals surface area contributed by atoms with Crippen molar-refractivity contribution in [1.29, 1.82) is 0 Å². The van der Waals surface area contributed by atoms with Gasteiger partial charge in [-0.2, -0.15) is 0 Å². The van der Waals surface area contributed by atoms with E-state index in [1.54, 1.807) is 49.3 Å². The van der Waals surface area contributed by atoms with Crippen LogP contribution >= 0.6 is 0 Å². The molecular weight excluding hydrogens is 454 g/mol. The normalized spacial score (nSPS) is 12.7. The van der Waals surface area contributed by atoms with Gasteiger partial charge in [0.25, 0.3) is 11.8 Å². The van der Waals surface area contributed by atoms with E-state index in [0.29, 0.717) is 16.8 Å². The Morgan fingerprint density at radius 3 is 1.81 bits per heavy atom. The van der Waals surface area contributed by atoms with Crippen molar-refractivity contribution >= 4 is 23.3 Å². The standard InChI is InChI=1S/C28H19N5O3/c34-26(15-19-1-4-21(5-2-19)31-13-11-29-17-31)20-3-10-24-25(16-20)28(36)33(27(24)35)23-8-6-22(7-9-23)32-14-12-30-18-32/h1-14,16-18H,15H2. The summed E-state index contributed by atoms with van der Waals surface area (Å²) >= 11 is 0. The van der Waals surface area contributed by atoms with Crippen LogP contribution in [0, 0.1) is 0 Å². The number of imidazole rings is 2. The Hall–Kier alpha value is -5.11. The van der Waals surface area contributed by atoms with Gasteiger partial charge in [-0.05, 0) is 54.1 Å². The maximum atomic E-state index is 13.2. The Morgan fingerprint density at radius 2 is 1.22 bits per heavy atom. The molecule has 0 aliphatic carbocycles. The van der Waals surface area contributed by atoms with Gasteiger partial charge >= 0.3 is 0 Å². The van der Waals surface area contributed by atoms with Crippen molar-refractivity contribution in [3.63, 3.8) is 0 Å². The van der Waals surface area contributed by atoms with Gasteiger partial charge in [0, 0.05) is 48.1 Å². The number of fused-ring (bicyclic) bond motifs is 1. The predicted molar refractivity (Wildman–Crippen MR) is 133 cm³/mol. The van der Waals surface area contributed by atoms with Gasteiger partial charge in [-0.1, -0.05) is 18.2 Å². The van der Waals surface area contributed by atoms with Gasteiger partial charge in [-0.15, -0.1) is 0 Å². The highest BCUT2D eigenvalue weighted by atomic mass is 16.2. The first-order chi connectivity index (χ1) is 17.6. The van der Waals surface area contributed by atoms with Crippen LogP contribution in [-0.4, -0.2) is 36.7 Å². The third-order valence-corrected chi connectivity index (χ3v) is 6.22. The second-order valence-corrected chi connectivity index (χ2v) is 8.43. The molecule has 174 valence electrons. The minimum atomic E-state index is -0.440. The Kier molecular flexibility index (Phi) is 5.11. The summed E-state index contributed by atoms with van der Waals surface area (Å²) in [5, 5.41) is 0. The third kappa shape index (κ3) is 3.70. The monoisotopic (exact) mass is 473 g/mol. The molecule has 0 fully saturated rings. The Balaban J connectivity index is 1.21. The van der Waals surface area contributed by atoms with Crippen molar-refractivity contribution in [2.24, 2.45) is 0 Å². The number of amides is 2. The molecule has 8 nitrogen and oxygen atoms in total. The molecule has 0 radical (unpaired) electrons. The van der Waals surface area contributed by atoms with Crippen LogP contribution in [0.15, 0.2) is 104 Å². The fraction of sp³-hybridized carbons (Fsp3) is 0.0357. The van der Waals surface area contributed by atoms with Crippen molar-refractivity contribution in [2.75, 3.05) is 4.90 Å². The first kappa shape index (κ1) is 21.4. The van der Waals surface area contributed by atoms with Crippen molar-refractivity contribution in [1.82, 2.24) is 19.1 Å². The van der Waals surface area contributed by atoms with Crippen molar-refractivity contribution in [2.45, 2.75) is 6.42 Å². The van der Waals surface area contributed by atoms with E-state index in [0.717, 1.165) is 21.8 Å². The van der Waals surface area contributed by atoms with Crippen LogP contribution in [0.4, 0.5) is 5.69 Å². The first-order valence-electron chi connectivity index (χ1n) is 11.3. The maximum absolute atomic E-state index is 13.2. The number of hydrogen-bond acceptors (Lipinski definition) is 5. The molecule has 5 aromatic rings. The molecule has 3 aromatic carbocycles. The summed E-state index contributed by atoms with van der Waals surface area (Å²) in [7, 11) is 0. The summed E-state index contributed by atoms with van der Waals surface area (Å²) in [6.07, 6.45) is 10.6. The van der Waals surface area contributed by atoms with Crippen LogP contribution < -0.4 is 4.90 Å². The van der Waals surface area contributed by atoms with Gasteiger partial charge in [0.05, 0.1) is 29.5 Å². The molecule has 0 atom stereocenters. The minimum absolute atomic E-state index is 0.128. The van der Waals surface area contributed by atoms with Gasteiger partial charge in [0.1, 0.15) is 0 Å². The molecule has 36 heavy (non-hydrogen) atoms. The topological polar surface area (TPSA) is 90.1 Å². The number of aromatic nitrogens is 4. The van der Waals surface area contributed by atoms with E-state index in [9.17, 15) is 14.4 Å². The second-order valence-electron chi connectivity index (χ2n) is 8.43. The Labute approximate surface area is 206 Å². The lowest BCUT2D eigenvalue weighted by molar-refractivity contribution is 0.0925. The van der Waals surface area contributed by atoms with Gasteiger partial charge in [0.2, 0.25) is 0 Å². The van der Waals surface area contributed by atoms with Crippen molar-refractivity contribution < 1.29 is 14.4 Å². The Morgan fingerprint density at radius 1 is 0.667 bits per heavy atom. The largest absolute Gasteiger partial charge is 0.306 e. The van der Waals surface area contributed by atoms with E-state index in [1.165, 1.54) is 6.07 Å². The fourth-order valence-corrected chi connectivity index (χ4v) is 4.32. The molecule has 0 saturated heterocycles. The molecule has 1 aliphatic heterocycles. The van der Waals surface area contributed by atoms with E-state index in [-0.39, 0.29) is 17.8 Å². The lowest BCUT2D eigenvalue weighted by atomic mass is 9.99. The van der Waals surface area contributed by atoms with Gasteiger partial charge in [-0.25, -0.2) is 14.9 Å². The van der Waals surface area contributed by atoms with Crippen LogP contribution in [0.1, 0.15) is 36.6 Å². The molecule has 2 amide bonds. The van der Waals surface area contributed by atoms with Crippen LogP contribution in [-0.2, 0) is 6.42 Å². The summed E-state index contributed by atoms with van der Waals surface area (Å²) in [4.78, 5) is 48.4. The summed E-state index contributed by atoms with van der Waals surface area (Å²) < 4.78 is 3.71. The first-order valence-corrected chi connectivity index (χ1v) is 11.3. The average molecular weight is 473 g/mol. The molecule has 1 aliphatic rings. The lowest BCUT2D eigenvalue weighted by Gasteiger charge is -2.14. The number of ketones is 1. The second kappa shape index (κ2) is 8.59. The van der Waals surface area contributed by atoms with Gasteiger partial charge < -0.3 is 9.13 Å². The number of nitrogens with zero attached hydrogens (tertiary/aromatic N) is 5. The van der Waals surface area contributed by atoms with E-state index < -0.39 is 11.8 Å². The molecule has 8 heteroatoms. The van der Waals surface area contributed by atoms with E-state index >= 15 is 0 Å². The van der Waals surface area contributed by atoms with Crippen LogP contribution in [0.5, 0.6) is 0 Å². The predicted octanol–water partition coefficient (Wildman–Crippen LogP) is 4.28. The number of Topliss-reactive ketones (excluding diaryl/α,β-unsaturated/α-hetero) is 1. The summed E-state index contributed by atoms with van der Waals surface area (Å²) in [5.74, 6) is -0.972. The average Bonchev–Trinajstić information content (AvgIpc) is 3.67. The molecule has 0 N–H and O–H groups in total. The lowest BCUT2D eigenvalue weighted by Crippen LogP contribution is -2.29. The van der Waals surface area contributed by atoms with Crippen molar-refractivity contribution in [3.05, 3.63) is 126 Å². The molecule has 6 rings (SSSR count). The van der Waals surface area contributed by atoms with Crippen LogP contribution in [0.3, 0.4) is 0 Å². The van der Waals surface area contributed by atoms with E-state index in [2.05, 4.69) is 9.97 Å². The Bertz CT molecular complexity index is 1590. The molecule has 0 saturated carbocycles. The van der Waals surface area contributed by atoms with Crippen LogP contribution in [0.2, 0.25) is 0 Å². The zero-order valence-electron chi connectivity index (χ0n) is 19.0. The third-order valence-electron chi connectivity index (χ3n) is 6.22. The highest BCUT2D eigenvalue weighted by molar-refractivity contribution is 6.34. The van der Waals surface area contributed by atoms with E-state index in [1.807, 2.05) is 57.9 Å². The molecule has 0 unspecified atom stereocenters. The molecule has 3 heterocycles. The summed E-state index contributed by atoms with van der Waals surface area (Å²) in [5.41, 5.74) is 4.05. The fourth-order valence-electron chi connectivity index (χ4n) is 4.32. The van der Waals surface area contributed by atoms with Crippen molar-refractivity contribution in [3.8, 4) is 11.4 Å². The number of hydrogen-bond donors (Lipinski definition) is 0. The number of imide groups is 1. The highest BCUT2D eigenvalue weighted by Crippen LogP contribution is 2.30. The number of carbonyl (C=O) groups excluding carboxylic acids is 3. The van der Waals surface area contributed by atoms with Gasteiger partial charge in [0.15, 0.2) is 5.78 Å². The van der Waals surface area contributed by atoms with Gasteiger partial charge in [-0.3, -0.25) is 14.4 Å². The highest BCUT2D eigenvalue weighted by Gasteiger charge is 2.37. The molecule has 2 aromatic heterocycles. The smallest absolute Gasteiger partial charge is 0.266 e. The zero-order valence-corrected chi connectivity index (χ0v) is 19.0.